The molecule has 0 bridgehead atoms. The van der Waals surface area contributed by atoms with Crippen LogP contribution in [0, 0.1) is 6.92 Å². The lowest BCUT2D eigenvalue weighted by molar-refractivity contribution is -0.138. The van der Waals surface area contributed by atoms with Gasteiger partial charge in [0, 0.05) is 35.2 Å². The molecule has 166 valence electrons. The van der Waals surface area contributed by atoms with Crippen molar-refractivity contribution >= 4 is 11.8 Å². The summed E-state index contributed by atoms with van der Waals surface area (Å²) in [4.78, 5) is 26.6. The Balaban J connectivity index is 1.82. The van der Waals surface area contributed by atoms with E-state index in [0.29, 0.717) is 24.0 Å². The van der Waals surface area contributed by atoms with Gasteiger partial charge >= 0.3 is 5.97 Å². The van der Waals surface area contributed by atoms with E-state index in [2.05, 4.69) is 5.32 Å². The highest BCUT2D eigenvalue weighted by atomic mass is 16.5. The largest absolute Gasteiger partial charge is 0.496 e. The van der Waals surface area contributed by atoms with E-state index in [-0.39, 0.29) is 24.3 Å². The van der Waals surface area contributed by atoms with Crippen LogP contribution in [0.5, 0.6) is 5.75 Å². The van der Waals surface area contributed by atoms with E-state index in [4.69, 9.17) is 9.47 Å². The second kappa shape index (κ2) is 9.03. The first-order valence-electron chi connectivity index (χ1n) is 11.1. The molecule has 5 heteroatoms. The fraction of sp³-hybridized carbons (Fsp3) is 0.333. The van der Waals surface area contributed by atoms with Crippen LogP contribution in [-0.4, -0.2) is 25.5 Å². The summed E-state index contributed by atoms with van der Waals surface area (Å²) in [6.07, 6.45) is 1.05. The fourth-order valence-corrected chi connectivity index (χ4v) is 4.96. The van der Waals surface area contributed by atoms with Gasteiger partial charge in [0.1, 0.15) is 5.75 Å². The van der Waals surface area contributed by atoms with Crippen molar-refractivity contribution in [3.8, 4) is 5.75 Å². The van der Waals surface area contributed by atoms with Gasteiger partial charge in [-0.25, -0.2) is 4.79 Å². The SMILES string of the molecule is CCOC(=O)C1=C(C)NC2=C(C(=O)CC(c3ccccc3OC)C2)C1c1ccccc1C. The van der Waals surface area contributed by atoms with Crippen LogP contribution >= 0.6 is 0 Å². The molecule has 2 aromatic rings. The van der Waals surface area contributed by atoms with E-state index >= 15 is 0 Å². The van der Waals surface area contributed by atoms with Gasteiger partial charge in [-0.3, -0.25) is 4.79 Å². The monoisotopic (exact) mass is 431 g/mol. The predicted octanol–water partition coefficient (Wildman–Crippen LogP) is 4.93. The topological polar surface area (TPSA) is 64.6 Å². The molecule has 2 aliphatic rings. The van der Waals surface area contributed by atoms with E-state index in [0.717, 1.165) is 33.8 Å². The van der Waals surface area contributed by atoms with Gasteiger partial charge in [-0.2, -0.15) is 0 Å². The molecule has 0 saturated heterocycles. The molecule has 32 heavy (non-hydrogen) atoms. The number of hydrogen-bond acceptors (Lipinski definition) is 5. The van der Waals surface area contributed by atoms with Crippen molar-refractivity contribution in [3.63, 3.8) is 0 Å². The molecule has 1 aliphatic heterocycles. The number of nitrogens with one attached hydrogen (secondary N) is 1. The van der Waals surface area contributed by atoms with E-state index in [9.17, 15) is 9.59 Å². The molecule has 2 aromatic carbocycles. The molecule has 0 spiro atoms. The number of carbonyl (C=O) groups excluding carboxylic acids is 2. The summed E-state index contributed by atoms with van der Waals surface area (Å²) in [6.45, 7) is 5.98. The van der Waals surface area contributed by atoms with E-state index in [1.807, 2.05) is 62.4 Å². The highest BCUT2D eigenvalue weighted by Gasteiger charge is 2.42. The Hall–Kier alpha value is -3.34. The first kappa shape index (κ1) is 21.9. The minimum atomic E-state index is -0.433. The molecule has 5 nitrogen and oxygen atoms in total. The molecular formula is C27H29NO4. The van der Waals surface area contributed by atoms with Crippen LogP contribution in [0.4, 0.5) is 0 Å². The fourth-order valence-electron chi connectivity index (χ4n) is 4.96. The van der Waals surface area contributed by atoms with Gasteiger partial charge in [0.05, 0.1) is 19.3 Å². The highest BCUT2D eigenvalue weighted by Crippen LogP contribution is 2.47. The second-order valence-electron chi connectivity index (χ2n) is 8.34. The second-order valence-corrected chi connectivity index (χ2v) is 8.34. The summed E-state index contributed by atoms with van der Waals surface area (Å²) in [6, 6.07) is 15.8. The first-order chi connectivity index (χ1) is 15.5. The third-order valence-corrected chi connectivity index (χ3v) is 6.40. The Bertz CT molecular complexity index is 1130. The number of dihydropyridines is 1. The number of methoxy groups -OCH3 is 1. The number of allylic oxidation sites excluding steroid dienone is 3. The number of rotatable bonds is 5. The Kier molecular flexibility index (Phi) is 6.17. The van der Waals surface area contributed by atoms with Crippen LogP contribution in [0.25, 0.3) is 0 Å². The maximum Gasteiger partial charge on any atom is 0.336 e. The molecule has 0 fully saturated rings. The summed E-state index contributed by atoms with van der Waals surface area (Å²) in [5.74, 6) is 0.0474. The summed E-state index contributed by atoms with van der Waals surface area (Å²) in [7, 11) is 1.65. The molecule has 1 N–H and O–H groups in total. The lowest BCUT2D eigenvalue weighted by Gasteiger charge is -2.37. The molecular weight excluding hydrogens is 402 g/mol. The maximum absolute atomic E-state index is 13.6. The lowest BCUT2D eigenvalue weighted by Crippen LogP contribution is -2.36. The minimum absolute atomic E-state index is 0.0133. The predicted molar refractivity (Wildman–Crippen MR) is 123 cm³/mol. The Morgan fingerprint density at radius 1 is 1.03 bits per heavy atom. The number of esters is 1. The number of para-hydroxylation sites is 1. The average Bonchev–Trinajstić information content (AvgIpc) is 2.78. The Morgan fingerprint density at radius 2 is 1.72 bits per heavy atom. The van der Waals surface area contributed by atoms with Gasteiger partial charge in [0.15, 0.2) is 5.78 Å². The molecule has 0 amide bonds. The lowest BCUT2D eigenvalue weighted by atomic mass is 9.71. The molecule has 0 saturated carbocycles. The number of Topliss-reactive ketones (excluding diaryl/α,β-unsaturated/α-hetero) is 1. The van der Waals surface area contributed by atoms with Crippen molar-refractivity contribution in [2.75, 3.05) is 13.7 Å². The van der Waals surface area contributed by atoms with Crippen molar-refractivity contribution in [1.82, 2.24) is 5.32 Å². The number of carbonyl (C=O) groups is 2. The summed E-state index contributed by atoms with van der Waals surface area (Å²) < 4.78 is 10.9. The number of aryl methyl sites for hydroxylation is 1. The maximum atomic E-state index is 13.6. The zero-order valence-corrected chi connectivity index (χ0v) is 19.0. The zero-order chi connectivity index (χ0) is 22.8. The van der Waals surface area contributed by atoms with E-state index in [1.54, 1.807) is 14.0 Å². The Labute approximate surface area is 189 Å². The zero-order valence-electron chi connectivity index (χ0n) is 19.0. The van der Waals surface area contributed by atoms with E-state index < -0.39 is 5.92 Å². The van der Waals surface area contributed by atoms with Gasteiger partial charge in [-0.05, 0) is 49.9 Å². The van der Waals surface area contributed by atoms with Crippen LogP contribution in [-0.2, 0) is 14.3 Å². The highest BCUT2D eigenvalue weighted by molar-refractivity contribution is 6.04. The van der Waals surface area contributed by atoms with Crippen LogP contribution in [0.15, 0.2) is 71.1 Å². The number of hydrogen-bond donors (Lipinski definition) is 1. The van der Waals surface area contributed by atoms with Crippen molar-refractivity contribution in [3.05, 3.63) is 87.8 Å². The van der Waals surface area contributed by atoms with Crippen LogP contribution in [0.3, 0.4) is 0 Å². The molecule has 0 aromatic heterocycles. The average molecular weight is 432 g/mol. The van der Waals surface area contributed by atoms with Gasteiger partial charge < -0.3 is 14.8 Å². The number of ether oxygens (including phenoxy) is 2. The summed E-state index contributed by atoms with van der Waals surface area (Å²) in [5, 5.41) is 3.39. The summed E-state index contributed by atoms with van der Waals surface area (Å²) in [5.41, 5.74) is 5.86. The third-order valence-electron chi connectivity index (χ3n) is 6.40. The first-order valence-corrected chi connectivity index (χ1v) is 11.1. The third kappa shape index (κ3) is 3.83. The van der Waals surface area contributed by atoms with Crippen molar-refractivity contribution in [2.45, 2.75) is 45.4 Å². The smallest absolute Gasteiger partial charge is 0.336 e. The quantitative estimate of drug-likeness (QED) is 0.680. The Morgan fingerprint density at radius 3 is 2.41 bits per heavy atom. The summed E-state index contributed by atoms with van der Waals surface area (Å²) >= 11 is 0. The minimum Gasteiger partial charge on any atom is -0.496 e. The van der Waals surface area contributed by atoms with E-state index in [1.165, 1.54) is 0 Å². The van der Waals surface area contributed by atoms with Crippen LogP contribution < -0.4 is 10.1 Å². The van der Waals surface area contributed by atoms with Gasteiger partial charge in [-0.15, -0.1) is 0 Å². The molecule has 2 atom stereocenters. The van der Waals surface area contributed by atoms with Crippen molar-refractivity contribution < 1.29 is 19.1 Å². The molecule has 1 aliphatic carbocycles. The number of benzene rings is 2. The van der Waals surface area contributed by atoms with Gasteiger partial charge in [0.2, 0.25) is 0 Å². The van der Waals surface area contributed by atoms with Crippen molar-refractivity contribution in [1.29, 1.82) is 0 Å². The molecule has 1 heterocycles. The normalized spacial score (nSPS) is 20.6. The molecule has 0 radical (unpaired) electrons. The van der Waals surface area contributed by atoms with Crippen LogP contribution in [0.2, 0.25) is 0 Å². The van der Waals surface area contributed by atoms with Crippen LogP contribution in [0.1, 0.15) is 55.2 Å². The van der Waals surface area contributed by atoms with Gasteiger partial charge in [-0.1, -0.05) is 42.5 Å². The van der Waals surface area contributed by atoms with Crippen molar-refractivity contribution in [2.24, 2.45) is 0 Å². The standard InChI is InChI=1S/C27H29NO4/c1-5-32-27(30)24-17(3)28-21-14-18(20-12-8-9-13-23(20)31-4)15-22(29)26(21)25(24)19-11-7-6-10-16(19)2/h6-13,18,25,28H,5,14-15H2,1-4H3. The van der Waals surface area contributed by atoms with Gasteiger partial charge in [0.25, 0.3) is 0 Å². The molecule has 4 rings (SSSR count). The number of ketones is 1. The molecule has 2 unspecified atom stereocenters.